The van der Waals surface area contributed by atoms with Crippen LogP contribution >= 0.6 is 0 Å². The minimum Gasteiger partial charge on any atom is -0.322 e. The van der Waals surface area contributed by atoms with Crippen LogP contribution < -0.4 is 5.32 Å². The number of carbonyl (C=O) groups excluding carboxylic acids is 1. The van der Waals surface area contributed by atoms with Crippen molar-refractivity contribution in [1.29, 1.82) is 0 Å². The highest BCUT2D eigenvalue weighted by Crippen LogP contribution is 2.17. The molecule has 2 aromatic carbocycles. The molecule has 2 rings (SSSR count). The van der Waals surface area contributed by atoms with Gasteiger partial charge in [0.2, 0.25) is 0 Å². The number of carbonyl (C=O) groups is 1. The fourth-order valence-corrected chi connectivity index (χ4v) is 2.51. The van der Waals surface area contributed by atoms with Crippen LogP contribution in [0.5, 0.6) is 0 Å². The van der Waals surface area contributed by atoms with E-state index in [2.05, 4.69) is 5.32 Å². The van der Waals surface area contributed by atoms with Crippen LogP contribution in [0.1, 0.15) is 15.9 Å². The second kappa shape index (κ2) is 5.65. The van der Waals surface area contributed by atoms with Crippen molar-refractivity contribution in [3.63, 3.8) is 0 Å². The largest absolute Gasteiger partial charge is 0.322 e. The molecule has 0 unspecified atom stereocenters. The number of anilines is 1. The number of sulfone groups is 1. The summed E-state index contributed by atoms with van der Waals surface area (Å²) in [6, 6.07) is 9.84. The van der Waals surface area contributed by atoms with E-state index >= 15 is 0 Å². The highest BCUT2D eigenvalue weighted by molar-refractivity contribution is 7.90. The first-order chi connectivity index (χ1) is 9.77. The number of hydrogen-bond acceptors (Lipinski definition) is 3. The summed E-state index contributed by atoms with van der Waals surface area (Å²) in [6.45, 7) is 1.70. The van der Waals surface area contributed by atoms with Gasteiger partial charge in [0.1, 0.15) is 5.82 Å². The van der Waals surface area contributed by atoms with E-state index in [1.54, 1.807) is 13.0 Å². The van der Waals surface area contributed by atoms with Gasteiger partial charge in [-0.25, -0.2) is 12.8 Å². The number of aryl methyl sites for hydroxylation is 1. The average Bonchev–Trinajstić information content (AvgIpc) is 2.41. The maximum absolute atomic E-state index is 13.2. The second-order valence-corrected chi connectivity index (χ2v) is 6.73. The van der Waals surface area contributed by atoms with E-state index in [0.717, 1.165) is 12.3 Å². The van der Waals surface area contributed by atoms with Gasteiger partial charge in [0.05, 0.1) is 4.90 Å². The van der Waals surface area contributed by atoms with Gasteiger partial charge in [-0.1, -0.05) is 12.1 Å². The predicted octanol–water partition coefficient (Wildman–Crippen LogP) is 2.79. The molecule has 1 amide bonds. The summed E-state index contributed by atoms with van der Waals surface area (Å²) < 4.78 is 36.2. The second-order valence-electron chi connectivity index (χ2n) is 4.71. The maximum Gasteiger partial charge on any atom is 0.256 e. The van der Waals surface area contributed by atoms with E-state index < -0.39 is 21.6 Å². The molecule has 0 heterocycles. The van der Waals surface area contributed by atoms with Crippen molar-refractivity contribution < 1.29 is 17.6 Å². The molecule has 4 nitrogen and oxygen atoms in total. The molecule has 0 radical (unpaired) electrons. The zero-order valence-corrected chi connectivity index (χ0v) is 12.4. The summed E-state index contributed by atoms with van der Waals surface area (Å²) >= 11 is 0. The third kappa shape index (κ3) is 3.66. The lowest BCUT2D eigenvalue weighted by molar-refractivity contribution is 0.102. The average molecular weight is 307 g/mol. The van der Waals surface area contributed by atoms with E-state index in [4.69, 9.17) is 0 Å². The Balaban J connectivity index is 2.30. The Bertz CT molecular complexity index is 800. The van der Waals surface area contributed by atoms with Gasteiger partial charge in [-0.2, -0.15) is 0 Å². The van der Waals surface area contributed by atoms with E-state index in [-0.39, 0.29) is 10.5 Å². The minimum atomic E-state index is -3.35. The van der Waals surface area contributed by atoms with Gasteiger partial charge in [-0.15, -0.1) is 0 Å². The Kier molecular flexibility index (Phi) is 4.09. The van der Waals surface area contributed by atoms with Crippen LogP contribution in [0.15, 0.2) is 47.4 Å². The summed E-state index contributed by atoms with van der Waals surface area (Å²) in [5.41, 5.74) is 1.18. The number of benzene rings is 2. The summed E-state index contributed by atoms with van der Waals surface area (Å²) in [7, 11) is -3.35. The zero-order valence-electron chi connectivity index (χ0n) is 11.6. The Hall–Kier alpha value is -2.21. The van der Waals surface area contributed by atoms with E-state index in [1.807, 2.05) is 0 Å². The molecule has 2 aromatic rings. The summed E-state index contributed by atoms with van der Waals surface area (Å²) in [6.07, 6.45) is 1.09. The molecule has 21 heavy (non-hydrogen) atoms. The van der Waals surface area contributed by atoms with Crippen LogP contribution in [-0.4, -0.2) is 20.6 Å². The van der Waals surface area contributed by atoms with Gasteiger partial charge >= 0.3 is 0 Å². The van der Waals surface area contributed by atoms with Crippen LogP contribution in [0.25, 0.3) is 0 Å². The van der Waals surface area contributed by atoms with Crippen LogP contribution in [0, 0.1) is 12.7 Å². The third-order valence-corrected chi connectivity index (χ3v) is 4.07. The van der Waals surface area contributed by atoms with Crippen molar-refractivity contribution in [3.05, 3.63) is 59.4 Å². The van der Waals surface area contributed by atoms with Gasteiger partial charge in [0.25, 0.3) is 5.91 Å². The SMILES string of the molecule is Cc1ccc(F)cc1C(=O)Nc1cccc(S(C)(=O)=O)c1. The molecule has 6 heteroatoms. The standard InChI is InChI=1S/C15H14FNO3S/c1-10-6-7-11(16)8-14(10)15(18)17-12-4-3-5-13(9-12)21(2,19)20/h3-9H,1-2H3,(H,17,18). The van der Waals surface area contributed by atoms with Gasteiger partial charge in [0.15, 0.2) is 9.84 Å². The van der Waals surface area contributed by atoms with Gasteiger partial charge in [0, 0.05) is 17.5 Å². The first kappa shape index (κ1) is 15.2. The van der Waals surface area contributed by atoms with Crippen LogP contribution in [0.3, 0.4) is 0 Å². The fourth-order valence-electron chi connectivity index (χ4n) is 1.84. The lowest BCUT2D eigenvalue weighted by Gasteiger charge is -2.09. The van der Waals surface area contributed by atoms with Crippen LogP contribution in [-0.2, 0) is 9.84 Å². The highest BCUT2D eigenvalue weighted by Gasteiger charge is 2.12. The van der Waals surface area contributed by atoms with Crippen molar-refractivity contribution in [3.8, 4) is 0 Å². The summed E-state index contributed by atoms with van der Waals surface area (Å²) in [5.74, 6) is -0.992. The molecule has 0 aliphatic carbocycles. The van der Waals surface area contributed by atoms with Crippen LogP contribution in [0.2, 0.25) is 0 Å². The Morgan fingerprint density at radius 1 is 1.14 bits per heavy atom. The molecular formula is C15H14FNO3S. The van der Waals surface area contributed by atoms with Crippen molar-refractivity contribution in [2.45, 2.75) is 11.8 Å². The molecule has 0 saturated carbocycles. The van der Waals surface area contributed by atoms with E-state index in [0.29, 0.717) is 11.3 Å². The van der Waals surface area contributed by atoms with Crippen molar-refractivity contribution >= 4 is 21.4 Å². The molecule has 0 aliphatic heterocycles. The monoisotopic (exact) mass is 307 g/mol. The lowest BCUT2D eigenvalue weighted by atomic mass is 10.1. The van der Waals surface area contributed by atoms with Gasteiger partial charge in [-0.05, 0) is 42.8 Å². The molecule has 0 aromatic heterocycles. The highest BCUT2D eigenvalue weighted by atomic mass is 32.2. The maximum atomic E-state index is 13.2. The predicted molar refractivity (Wildman–Crippen MR) is 78.6 cm³/mol. The molecular weight excluding hydrogens is 293 g/mol. The third-order valence-electron chi connectivity index (χ3n) is 2.96. The first-order valence-electron chi connectivity index (χ1n) is 6.15. The molecule has 110 valence electrons. The number of rotatable bonds is 3. The molecule has 0 saturated heterocycles. The molecule has 0 aliphatic rings. The summed E-state index contributed by atoms with van der Waals surface area (Å²) in [5, 5.41) is 2.57. The Morgan fingerprint density at radius 2 is 1.86 bits per heavy atom. The first-order valence-corrected chi connectivity index (χ1v) is 8.04. The number of amides is 1. The van der Waals surface area contributed by atoms with Gasteiger partial charge < -0.3 is 5.32 Å². The number of nitrogens with one attached hydrogen (secondary N) is 1. The van der Waals surface area contributed by atoms with Crippen molar-refractivity contribution in [1.82, 2.24) is 0 Å². The van der Waals surface area contributed by atoms with Crippen molar-refractivity contribution in [2.24, 2.45) is 0 Å². The Labute approximate surface area is 122 Å². The van der Waals surface area contributed by atoms with E-state index in [9.17, 15) is 17.6 Å². The minimum absolute atomic E-state index is 0.108. The summed E-state index contributed by atoms with van der Waals surface area (Å²) in [4.78, 5) is 12.2. The smallest absolute Gasteiger partial charge is 0.256 e. The number of hydrogen-bond donors (Lipinski definition) is 1. The molecule has 0 spiro atoms. The van der Waals surface area contributed by atoms with Crippen molar-refractivity contribution in [2.75, 3.05) is 11.6 Å². The Morgan fingerprint density at radius 3 is 2.52 bits per heavy atom. The molecule has 0 fully saturated rings. The molecule has 1 N–H and O–H groups in total. The van der Waals surface area contributed by atoms with Gasteiger partial charge in [-0.3, -0.25) is 4.79 Å². The topological polar surface area (TPSA) is 63.2 Å². The lowest BCUT2D eigenvalue weighted by Crippen LogP contribution is -2.14. The normalized spacial score (nSPS) is 11.2. The molecule has 0 bridgehead atoms. The zero-order chi connectivity index (χ0) is 15.6. The quantitative estimate of drug-likeness (QED) is 0.948. The molecule has 0 atom stereocenters. The number of halogens is 1. The van der Waals surface area contributed by atoms with E-state index in [1.165, 1.54) is 30.3 Å². The fraction of sp³-hybridized carbons (Fsp3) is 0.133. The van der Waals surface area contributed by atoms with Crippen LogP contribution in [0.4, 0.5) is 10.1 Å².